The number of nitrogens with two attached hydrogens (primary N) is 1. The lowest BCUT2D eigenvalue weighted by molar-refractivity contribution is 0.625. The predicted molar refractivity (Wildman–Crippen MR) is 84.4 cm³/mol. The lowest BCUT2D eigenvalue weighted by Crippen LogP contribution is -1.85. The number of rotatable bonds is 1. The van der Waals surface area contributed by atoms with Crippen molar-refractivity contribution in [1.82, 2.24) is 0 Å². The molecule has 0 radical (unpaired) electrons. The van der Waals surface area contributed by atoms with Crippen molar-refractivity contribution in [1.29, 1.82) is 0 Å². The van der Waals surface area contributed by atoms with Crippen molar-refractivity contribution in [3.63, 3.8) is 0 Å². The average molecular weight is 411 g/mol. The molecule has 0 unspecified atom stereocenters. The zero-order valence-corrected chi connectivity index (χ0v) is 14.0. The zero-order chi connectivity index (χ0) is 14.4. The molecule has 1 nitrogen and oxygen atoms in total. The summed E-state index contributed by atoms with van der Waals surface area (Å²) in [5.74, 6) is -0.485. The number of halogens is 4. The maximum absolute atomic E-state index is 12.4. The molecule has 19 heavy (non-hydrogen) atoms. The molecule has 0 heterocycles. The number of benzene rings is 2. The summed E-state index contributed by atoms with van der Waals surface area (Å²) in [5, 5.41) is 0. The van der Waals surface area contributed by atoms with Gasteiger partial charge in [0.2, 0.25) is 0 Å². The van der Waals surface area contributed by atoms with E-state index in [4.69, 9.17) is 5.73 Å². The molecule has 0 saturated carbocycles. The molecular weight excluding hydrogens is 400 g/mol. The Labute approximate surface area is 131 Å². The topological polar surface area (TPSA) is 26.0 Å². The van der Waals surface area contributed by atoms with Crippen LogP contribution in [0.2, 0.25) is 0 Å². The van der Waals surface area contributed by atoms with E-state index in [1.54, 1.807) is 17.8 Å². The van der Waals surface area contributed by atoms with Gasteiger partial charge in [0.1, 0.15) is 11.6 Å². The molecule has 0 bridgehead atoms. The molecule has 0 fully saturated rings. The van der Waals surface area contributed by atoms with Crippen LogP contribution in [0.25, 0.3) is 0 Å². The molecule has 0 aliphatic rings. The van der Waals surface area contributed by atoms with E-state index < -0.39 is 0 Å². The third-order valence-corrected chi connectivity index (χ3v) is 4.48. The van der Waals surface area contributed by atoms with Crippen LogP contribution in [0, 0.1) is 11.6 Å². The van der Waals surface area contributed by atoms with Crippen molar-refractivity contribution in [2.24, 2.45) is 0 Å². The first-order valence-corrected chi connectivity index (χ1v) is 7.94. The van der Waals surface area contributed by atoms with Crippen LogP contribution >= 0.6 is 43.6 Å². The summed E-state index contributed by atoms with van der Waals surface area (Å²) in [4.78, 5) is 1.06. The van der Waals surface area contributed by atoms with Crippen LogP contribution in [0.4, 0.5) is 14.5 Å². The summed E-state index contributed by atoms with van der Waals surface area (Å²) in [6, 6.07) is 8.83. The van der Waals surface area contributed by atoms with Crippen molar-refractivity contribution in [2.45, 2.75) is 4.90 Å². The van der Waals surface area contributed by atoms with Crippen molar-refractivity contribution >= 4 is 49.3 Å². The van der Waals surface area contributed by atoms with Crippen LogP contribution < -0.4 is 5.73 Å². The van der Waals surface area contributed by atoms with E-state index in [-0.39, 0.29) is 11.6 Å². The molecule has 0 aliphatic carbocycles. The molecule has 0 aliphatic heterocycles. The lowest BCUT2D eigenvalue weighted by Gasteiger charge is -1.98. The van der Waals surface area contributed by atoms with Crippen LogP contribution in [0.15, 0.2) is 50.2 Å². The number of hydrogen-bond donors (Lipinski definition) is 1. The van der Waals surface area contributed by atoms with Crippen molar-refractivity contribution in [2.75, 3.05) is 12.0 Å². The van der Waals surface area contributed by atoms with Crippen LogP contribution in [0.1, 0.15) is 0 Å². The van der Waals surface area contributed by atoms with Crippen LogP contribution in [0.5, 0.6) is 0 Å². The summed E-state index contributed by atoms with van der Waals surface area (Å²) < 4.78 is 26.1. The Hall–Kier alpha value is -0.590. The summed E-state index contributed by atoms with van der Waals surface area (Å²) in [7, 11) is 0. The molecule has 2 rings (SSSR count). The summed E-state index contributed by atoms with van der Waals surface area (Å²) in [5.41, 5.74) is 5.93. The molecule has 102 valence electrons. The third-order valence-electron chi connectivity index (χ3n) is 2.08. The Morgan fingerprint density at radius 2 is 1.47 bits per heavy atom. The first-order valence-electron chi connectivity index (χ1n) is 5.13. The fraction of sp³-hybridized carbons (Fsp3) is 0.0769. The Balaban J connectivity index is 0.000000191. The number of anilines is 1. The first-order chi connectivity index (χ1) is 8.93. The smallest absolute Gasteiger partial charge is 0.124 e. The minimum Gasteiger partial charge on any atom is -0.398 e. The highest BCUT2D eigenvalue weighted by molar-refractivity contribution is 9.10. The maximum atomic E-state index is 12.4. The van der Waals surface area contributed by atoms with E-state index in [9.17, 15) is 8.78 Å². The standard InChI is InChI=1S/C7H6BrFS.C6H5BrFN/c1-10-7-3-2-5(9)4-6(7)8;7-5-3-4(8)1-2-6(5)9/h2-4H,1H3;1-3H,9H2. The fourth-order valence-corrected chi connectivity index (χ4v) is 2.79. The Morgan fingerprint density at radius 1 is 0.947 bits per heavy atom. The van der Waals surface area contributed by atoms with Gasteiger partial charge in [0.25, 0.3) is 0 Å². The fourth-order valence-electron chi connectivity index (χ4n) is 1.14. The van der Waals surface area contributed by atoms with Gasteiger partial charge >= 0.3 is 0 Å². The second kappa shape index (κ2) is 7.87. The van der Waals surface area contributed by atoms with Crippen molar-refractivity contribution in [3.8, 4) is 0 Å². The SMILES string of the molecule is CSc1ccc(F)cc1Br.Nc1ccc(F)cc1Br. The maximum Gasteiger partial charge on any atom is 0.124 e. The van der Waals surface area contributed by atoms with E-state index in [0.717, 1.165) is 9.37 Å². The molecule has 6 heteroatoms. The predicted octanol–water partition coefficient (Wildman–Crippen LogP) is 5.48. The van der Waals surface area contributed by atoms with Crippen molar-refractivity contribution in [3.05, 3.63) is 57.0 Å². The van der Waals surface area contributed by atoms with Gasteiger partial charge in [-0.2, -0.15) is 0 Å². The Kier molecular flexibility index (Phi) is 6.82. The number of nitrogen functional groups attached to an aromatic ring is 1. The average Bonchev–Trinajstić information content (AvgIpc) is 2.35. The van der Waals surface area contributed by atoms with Gasteiger partial charge in [0.15, 0.2) is 0 Å². The van der Waals surface area contributed by atoms with E-state index >= 15 is 0 Å². The first kappa shape index (κ1) is 16.5. The molecule has 0 saturated heterocycles. The number of thioether (sulfide) groups is 1. The van der Waals surface area contributed by atoms with Gasteiger partial charge in [-0.25, -0.2) is 8.78 Å². The van der Waals surface area contributed by atoms with Crippen molar-refractivity contribution < 1.29 is 8.78 Å². The minimum absolute atomic E-state index is 0.204. The van der Waals surface area contributed by atoms with Gasteiger partial charge < -0.3 is 5.73 Å². The van der Waals surface area contributed by atoms with Gasteiger partial charge in [-0.1, -0.05) is 0 Å². The summed E-state index contributed by atoms with van der Waals surface area (Å²) in [6.45, 7) is 0. The van der Waals surface area contributed by atoms with Gasteiger partial charge in [-0.05, 0) is 74.5 Å². The largest absolute Gasteiger partial charge is 0.398 e. The van der Waals surface area contributed by atoms with Gasteiger partial charge in [0.05, 0.1) is 0 Å². The quantitative estimate of drug-likeness (QED) is 0.497. The summed E-state index contributed by atoms with van der Waals surface area (Å²) >= 11 is 7.92. The molecule has 0 spiro atoms. The summed E-state index contributed by atoms with van der Waals surface area (Å²) in [6.07, 6.45) is 1.96. The molecule has 0 aromatic heterocycles. The van der Waals surface area contributed by atoms with Gasteiger partial charge in [-0.3, -0.25) is 0 Å². The highest BCUT2D eigenvalue weighted by Gasteiger charge is 1.98. The normalized spacial score (nSPS) is 9.74. The Bertz CT molecular complexity index is 564. The van der Waals surface area contributed by atoms with Gasteiger partial charge in [0, 0.05) is 19.5 Å². The molecule has 2 aromatic carbocycles. The molecular formula is C13H11Br2F2NS. The minimum atomic E-state index is -0.281. The number of hydrogen-bond acceptors (Lipinski definition) is 2. The van der Waals surface area contributed by atoms with E-state index in [1.807, 2.05) is 6.26 Å². The van der Waals surface area contributed by atoms with E-state index in [0.29, 0.717) is 10.2 Å². The van der Waals surface area contributed by atoms with Gasteiger partial charge in [-0.15, -0.1) is 11.8 Å². The molecule has 0 amide bonds. The zero-order valence-electron chi connectivity index (χ0n) is 9.96. The molecule has 0 atom stereocenters. The lowest BCUT2D eigenvalue weighted by atomic mass is 10.3. The second-order valence-electron chi connectivity index (χ2n) is 3.44. The Morgan fingerprint density at radius 3 is 1.89 bits per heavy atom. The van der Waals surface area contributed by atoms with E-state index in [2.05, 4.69) is 31.9 Å². The van der Waals surface area contributed by atoms with E-state index in [1.165, 1.54) is 30.3 Å². The van der Waals surface area contributed by atoms with Crippen LogP contribution in [-0.2, 0) is 0 Å². The highest BCUT2D eigenvalue weighted by Crippen LogP contribution is 2.25. The highest BCUT2D eigenvalue weighted by atomic mass is 79.9. The molecule has 2 N–H and O–H groups in total. The third kappa shape index (κ3) is 5.50. The molecule has 2 aromatic rings. The van der Waals surface area contributed by atoms with Crippen LogP contribution in [-0.4, -0.2) is 6.26 Å². The second-order valence-corrected chi connectivity index (χ2v) is 6.00. The van der Waals surface area contributed by atoms with Crippen LogP contribution in [0.3, 0.4) is 0 Å². The monoisotopic (exact) mass is 409 g/mol.